The van der Waals surface area contributed by atoms with E-state index in [1.54, 1.807) is 0 Å². The molecule has 0 saturated carbocycles. The van der Waals surface area contributed by atoms with Crippen molar-refractivity contribution in [3.63, 3.8) is 0 Å². The monoisotopic (exact) mass is 246 g/mol. The van der Waals surface area contributed by atoms with Crippen LogP contribution in [0.3, 0.4) is 0 Å². The Balaban J connectivity index is 1.85. The van der Waals surface area contributed by atoms with Crippen LogP contribution in [0.4, 0.5) is 0 Å². The molecule has 1 aromatic carbocycles. The smallest absolute Gasteiger partial charge is 0.0223 e. The van der Waals surface area contributed by atoms with Gasteiger partial charge in [0, 0.05) is 32.2 Å². The number of piperazine rings is 1. The molecule has 0 spiro atoms. The minimum Gasteiger partial charge on any atom is -0.314 e. The van der Waals surface area contributed by atoms with E-state index in [1.165, 1.54) is 31.5 Å². The van der Waals surface area contributed by atoms with E-state index in [2.05, 4.69) is 54.4 Å². The second kappa shape index (κ2) is 6.91. The van der Waals surface area contributed by atoms with Crippen LogP contribution in [0.25, 0.3) is 0 Å². The molecule has 0 aromatic heterocycles. The molecule has 2 heteroatoms. The molecule has 1 saturated heterocycles. The summed E-state index contributed by atoms with van der Waals surface area (Å²) in [6, 6.07) is 11.6. The first-order chi connectivity index (χ1) is 8.75. The van der Waals surface area contributed by atoms with Gasteiger partial charge >= 0.3 is 0 Å². The van der Waals surface area contributed by atoms with Crippen molar-refractivity contribution in [2.75, 3.05) is 26.2 Å². The molecule has 1 unspecified atom stereocenters. The molecule has 1 fully saturated rings. The fourth-order valence-electron chi connectivity index (χ4n) is 2.79. The van der Waals surface area contributed by atoms with Gasteiger partial charge in [0.1, 0.15) is 0 Å². The molecule has 1 atom stereocenters. The van der Waals surface area contributed by atoms with Crippen LogP contribution >= 0.6 is 0 Å². The predicted molar refractivity (Wildman–Crippen MR) is 77.8 cm³/mol. The van der Waals surface area contributed by atoms with Crippen LogP contribution in [-0.2, 0) is 6.42 Å². The van der Waals surface area contributed by atoms with Crippen molar-refractivity contribution in [3.8, 4) is 0 Å². The van der Waals surface area contributed by atoms with Gasteiger partial charge in [0.15, 0.2) is 0 Å². The lowest BCUT2D eigenvalue weighted by Gasteiger charge is -2.37. The van der Waals surface area contributed by atoms with Crippen molar-refractivity contribution in [1.82, 2.24) is 10.2 Å². The zero-order chi connectivity index (χ0) is 12.8. The van der Waals surface area contributed by atoms with Gasteiger partial charge in [0.25, 0.3) is 0 Å². The van der Waals surface area contributed by atoms with Crippen molar-refractivity contribution < 1.29 is 0 Å². The van der Waals surface area contributed by atoms with Crippen LogP contribution in [0, 0.1) is 5.92 Å². The van der Waals surface area contributed by atoms with Crippen molar-refractivity contribution in [3.05, 3.63) is 35.9 Å². The second-order valence-electron chi connectivity index (χ2n) is 5.76. The van der Waals surface area contributed by atoms with Crippen molar-refractivity contribution in [2.45, 2.75) is 32.7 Å². The van der Waals surface area contributed by atoms with Crippen molar-refractivity contribution in [1.29, 1.82) is 0 Å². The van der Waals surface area contributed by atoms with Crippen LogP contribution < -0.4 is 5.32 Å². The number of benzene rings is 1. The Morgan fingerprint density at radius 3 is 2.78 bits per heavy atom. The summed E-state index contributed by atoms with van der Waals surface area (Å²) < 4.78 is 0. The van der Waals surface area contributed by atoms with Gasteiger partial charge in [0.05, 0.1) is 0 Å². The third kappa shape index (κ3) is 4.11. The topological polar surface area (TPSA) is 15.3 Å². The molecule has 18 heavy (non-hydrogen) atoms. The Labute approximate surface area is 111 Å². The highest BCUT2D eigenvalue weighted by atomic mass is 15.2. The Bertz CT molecular complexity index is 334. The van der Waals surface area contributed by atoms with E-state index in [4.69, 9.17) is 0 Å². The molecule has 1 aromatic rings. The third-order valence-electron chi connectivity index (χ3n) is 3.75. The summed E-state index contributed by atoms with van der Waals surface area (Å²) in [4.78, 5) is 2.67. The Morgan fingerprint density at radius 1 is 1.28 bits per heavy atom. The quantitative estimate of drug-likeness (QED) is 0.859. The van der Waals surface area contributed by atoms with Crippen molar-refractivity contribution >= 4 is 0 Å². The molecule has 2 nitrogen and oxygen atoms in total. The molecule has 2 rings (SSSR count). The first-order valence-corrected chi connectivity index (χ1v) is 7.24. The Kier molecular flexibility index (Phi) is 5.21. The van der Waals surface area contributed by atoms with Crippen LogP contribution in [0.2, 0.25) is 0 Å². The van der Waals surface area contributed by atoms with Gasteiger partial charge in [0.2, 0.25) is 0 Å². The van der Waals surface area contributed by atoms with Crippen molar-refractivity contribution in [2.24, 2.45) is 5.92 Å². The summed E-state index contributed by atoms with van der Waals surface area (Å²) in [6.45, 7) is 9.34. The minimum absolute atomic E-state index is 0.725. The third-order valence-corrected chi connectivity index (χ3v) is 3.75. The molecule has 1 heterocycles. The summed E-state index contributed by atoms with van der Waals surface area (Å²) in [5, 5.41) is 3.53. The van der Waals surface area contributed by atoms with E-state index in [0.29, 0.717) is 0 Å². The number of nitrogens with zero attached hydrogens (tertiary/aromatic N) is 1. The lowest BCUT2D eigenvalue weighted by atomic mass is 10.00. The van der Waals surface area contributed by atoms with Gasteiger partial charge in [-0.05, 0) is 24.3 Å². The van der Waals surface area contributed by atoms with E-state index in [0.717, 1.165) is 25.0 Å². The average molecular weight is 246 g/mol. The average Bonchev–Trinajstić information content (AvgIpc) is 2.38. The molecule has 0 radical (unpaired) electrons. The van der Waals surface area contributed by atoms with E-state index in [-0.39, 0.29) is 0 Å². The number of nitrogens with one attached hydrogen (secondary N) is 1. The first kappa shape index (κ1) is 13.6. The molecule has 1 N–H and O–H groups in total. The highest BCUT2D eigenvalue weighted by Gasteiger charge is 2.22. The van der Waals surface area contributed by atoms with Crippen LogP contribution in [0.15, 0.2) is 30.3 Å². The van der Waals surface area contributed by atoms with Crippen LogP contribution in [0.1, 0.15) is 25.8 Å². The number of rotatable bonds is 5. The Morgan fingerprint density at radius 2 is 2.06 bits per heavy atom. The van der Waals surface area contributed by atoms with E-state index >= 15 is 0 Å². The fourth-order valence-corrected chi connectivity index (χ4v) is 2.79. The highest BCUT2D eigenvalue weighted by Crippen LogP contribution is 2.14. The largest absolute Gasteiger partial charge is 0.314 e. The molecule has 0 bridgehead atoms. The lowest BCUT2D eigenvalue weighted by Crippen LogP contribution is -2.52. The van der Waals surface area contributed by atoms with Crippen LogP contribution in [0.5, 0.6) is 0 Å². The first-order valence-electron chi connectivity index (χ1n) is 7.24. The van der Waals surface area contributed by atoms with E-state index < -0.39 is 0 Å². The zero-order valence-corrected chi connectivity index (χ0v) is 11.7. The van der Waals surface area contributed by atoms with Gasteiger partial charge in [-0.15, -0.1) is 0 Å². The van der Waals surface area contributed by atoms with Gasteiger partial charge < -0.3 is 5.32 Å². The SMILES string of the molecule is CC(C)CC1CNCCN1CCc1ccccc1. The number of hydrogen-bond acceptors (Lipinski definition) is 2. The maximum atomic E-state index is 3.53. The summed E-state index contributed by atoms with van der Waals surface area (Å²) in [7, 11) is 0. The normalized spacial score (nSPS) is 21.4. The van der Waals surface area contributed by atoms with Gasteiger partial charge in [-0.3, -0.25) is 4.90 Å². The lowest BCUT2D eigenvalue weighted by molar-refractivity contribution is 0.143. The van der Waals surface area contributed by atoms with Gasteiger partial charge in [-0.2, -0.15) is 0 Å². The number of hydrogen-bond donors (Lipinski definition) is 1. The molecule has 1 aliphatic heterocycles. The zero-order valence-electron chi connectivity index (χ0n) is 11.7. The maximum Gasteiger partial charge on any atom is 0.0223 e. The minimum atomic E-state index is 0.725. The van der Waals surface area contributed by atoms with Crippen LogP contribution in [-0.4, -0.2) is 37.1 Å². The summed E-state index contributed by atoms with van der Waals surface area (Å²) in [5.74, 6) is 0.786. The predicted octanol–water partition coefficient (Wildman–Crippen LogP) is 2.55. The second-order valence-corrected chi connectivity index (χ2v) is 5.76. The standard InChI is InChI=1S/C16H26N2/c1-14(2)12-16-13-17-9-11-18(16)10-8-15-6-4-3-5-7-15/h3-7,14,16-17H,8-13H2,1-2H3. The summed E-state index contributed by atoms with van der Waals surface area (Å²) >= 11 is 0. The van der Waals surface area contributed by atoms with Gasteiger partial charge in [-0.25, -0.2) is 0 Å². The molecule has 0 aliphatic carbocycles. The fraction of sp³-hybridized carbons (Fsp3) is 0.625. The maximum absolute atomic E-state index is 3.53. The molecule has 1 aliphatic rings. The van der Waals surface area contributed by atoms with Gasteiger partial charge in [-0.1, -0.05) is 44.2 Å². The van der Waals surface area contributed by atoms with E-state index in [1.807, 2.05) is 0 Å². The molecular weight excluding hydrogens is 220 g/mol. The molecular formula is C16H26N2. The summed E-state index contributed by atoms with van der Waals surface area (Å²) in [5.41, 5.74) is 1.46. The highest BCUT2D eigenvalue weighted by molar-refractivity contribution is 5.14. The molecule has 100 valence electrons. The van der Waals surface area contributed by atoms with E-state index in [9.17, 15) is 0 Å². The Hall–Kier alpha value is -0.860. The summed E-state index contributed by atoms with van der Waals surface area (Å²) in [6.07, 6.45) is 2.48. The molecule has 0 amide bonds.